The fourth-order valence-corrected chi connectivity index (χ4v) is 2.01. The number of urea groups is 1. The van der Waals surface area contributed by atoms with Gasteiger partial charge in [0, 0.05) is 18.7 Å². The Morgan fingerprint density at radius 2 is 2.10 bits per heavy atom. The Morgan fingerprint density at radius 1 is 1.33 bits per heavy atom. The highest BCUT2D eigenvalue weighted by molar-refractivity contribution is 5.89. The molecular weight excluding hydrogens is 275 g/mol. The fourth-order valence-electron chi connectivity index (χ4n) is 2.01. The molecule has 0 aliphatic carbocycles. The van der Waals surface area contributed by atoms with Crippen molar-refractivity contribution in [1.82, 2.24) is 5.32 Å². The van der Waals surface area contributed by atoms with Crippen LogP contribution in [0.25, 0.3) is 0 Å². The minimum absolute atomic E-state index is 0.147. The number of halogens is 1. The van der Waals surface area contributed by atoms with Gasteiger partial charge >= 0.3 is 12.0 Å². The lowest BCUT2D eigenvalue weighted by molar-refractivity contribution is -0.137. The predicted octanol–water partition coefficient (Wildman–Crippen LogP) is 3.23. The molecule has 1 atom stereocenters. The summed E-state index contributed by atoms with van der Waals surface area (Å²) in [7, 11) is 0. The number of nitrogens with one attached hydrogen (secondary N) is 2. The quantitative estimate of drug-likeness (QED) is 0.689. The van der Waals surface area contributed by atoms with Crippen molar-refractivity contribution in [2.45, 2.75) is 32.6 Å². The van der Waals surface area contributed by atoms with Crippen LogP contribution in [0.5, 0.6) is 0 Å². The first-order chi connectivity index (χ1) is 10.0. The highest BCUT2D eigenvalue weighted by Gasteiger charge is 2.09. The van der Waals surface area contributed by atoms with E-state index in [-0.39, 0.29) is 12.3 Å². The summed E-state index contributed by atoms with van der Waals surface area (Å²) < 4.78 is 13.0. The third kappa shape index (κ3) is 7.29. The van der Waals surface area contributed by atoms with Gasteiger partial charge in [0.2, 0.25) is 0 Å². The van der Waals surface area contributed by atoms with Crippen molar-refractivity contribution in [2.24, 2.45) is 5.92 Å². The summed E-state index contributed by atoms with van der Waals surface area (Å²) in [4.78, 5) is 22.1. The molecule has 1 unspecified atom stereocenters. The van der Waals surface area contributed by atoms with Crippen LogP contribution < -0.4 is 10.6 Å². The Kier molecular flexibility index (Phi) is 7.21. The lowest BCUT2D eigenvalue weighted by Crippen LogP contribution is -2.30. The molecule has 0 radical (unpaired) electrons. The number of amides is 2. The van der Waals surface area contributed by atoms with E-state index in [1.807, 2.05) is 6.92 Å². The number of carboxylic acid groups (broad SMARTS) is 1. The summed E-state index contributed by atoms with van der Waals surface area (Å²) >= 11 is 0. The van der Waals surface area contributed by atoms with Crippen LogP contribution in [0.15, 0.2) is 24.3 Å². The molecule has 0 fully saturated rings. The molecule has 1 aromatic rings. The molecule has 0 aliphatic heterocycles. The van der Waals surface area contributed by atoms with Gasteiger partial charge in [-0.15, -0.1) is 0 Å². The Labute approximate surface area is 123 Å². The number of hydrogen-bond acceptors (Lipinski definition) is 2. The molecule has 116 valence electrons. The van der Waals surface area contributed by atoms with Crippen LogP contribution in [0, 0.1) is 11.7 Å². The highest BCUT2D eigenvalue weighted by Crippen LogP contribution is 2.14. The minimum Gasteiger partial charge on any atom is -0.481 e. The number of rotatable bonds is 8. The van der Waals surface area contributed by atoms with Crippen LogP contribution in [0.4, 0.5) is 14.9 Å². The number of carbonyl (C=O) groups excluding carboxylic acids is 1. The molecule has 21 heavy (non-hydrogen) atoms. The van der Waals surface area contributed by atoms with E-state index in [0.717, 1.165) is 12.8 Å². The van der Waals surface area contributed by atoms with Crippen molar-refractivity contribution < 1.29 is 19.1 Å². The van der Waals surface area contributed by atoms with Crippen LogP contribution in [0.1, 0.15) is 32.6 Å². The summed E-state index contributed by atoms with van der Waals surface area (Å²) in [5.41, 5.74) is 0.394. The van der Waals surface area contributed by atoms with E-state index in [1.54, 1.807) is 6.07 Å². The Balaban J connectivity index is 2.27. The first-order valence-corrected chi connectivity index (χ1v) is 7.03. The van der Waals surface area contributed by atoms with E-state index in [4.69, 9.17) is 5.11 Å². The number of aliphatic carboxylic acids is 1. The van der Waals surface area contributed by atoms with E-state index in [9.17, 15) is 14.0 Å². The molecule has 0 saturated carbocycles. The molecule has 5 nitrogen and oxygen atoms in total. The number of benzene rings is 1. The van der Waals surface area contributed by atoms with E-state index in [1.165, 1.54) is 18.2 Å². The van der Waals surface area contributed by atoms with Crippen molar-refractivity contribution in [2.75, 3.05) is 11.9 Å². The summed E-state index contributed by atoms with van der Waals surface area (Å²) in [6, 6.07) is 5.26. The Bertz CT molecular complexity index is 480. The van der Waals surface area contributed by atoms with Crippen molar-refractivity contribution >= 4 is 17.7 Å². The van der Waals surface area contributed by atoms with Crippen molar-refractivity contribution in [3.63, 3.8) is 0 Å². The molecule has 0 spiro atoms. The molecule has 0 bridgehead atoms. The van der Waals surface area contributed by atoms with Crippen molar-refractivity contribution in [3.05, 3.63) is 30.1 Å². The van der Waals surface area contributed by atoms with Crippen LogP contribution in [-0.4, -0.2) is 23.7 Å². The lowest BCUT2D eigenvalue weighted by atomic mass is 9.97. The van der Waals surface area contributed by atoms with Gasteiger partial charge in [0.25, 0.3) is 0 Å². The summed E-state index contributed by atoms with van der Waals surface area (Å²) in [6.45, 7) is 2.46. The second-order valence-electron chi connectivity index (χ2n) is 4.89. The van der Waals surface area contributed by atoms with Gasteiger partial charge in [-0.2, -0.15) is 0 Å². The second-order valence-corrected chi connectivity index (χ2v) is 4.89. The van der Waals surface area contributed by atoms with Crippen molar-refractivity contribution in [3.8, 4) is 0 Å². The molecule has 0 aliphatic rings. The molecular formula is C15H21FN2O3. The first-order valence-electron chi connectivity index (χ1n) is 7.03. The largest absolute Gasteiger partial charge is 0.481 e. The average Bonchev–Trinajstić information content (AvgIpc) is 2.42. The van der Waals surface area contributed by atoms with Gasteiger partial charge in [0.05, 0.1) is 0 Å². The van der Waals surface area contributed by atoms with Gasteiger partial charge in [-0.05, 0) is 37.0 Å². The summed E-state index contributed by atoms with van der Waals surface area (Å²) in [5.74, 6) is -0.937. The van der Waals surface area contributed by atoms with Crippen LogP contribution in [-0.2, 0) is 4.79 Å². The summed E-state index contributed by atoms with van der Waals surface area (Å²) in [5, 5.41) is 13.9. The predicted molar refractivity (Wildman–Crippen MR) is 78.7 cm³/mol. The van der Waals surface area contributed by atoms with E-state index in [0.29, 0.717) is 18.7 Å². The van der Waals surface area contributed by atoms with Gasteiger partial charge in [0.1, 0.15) is 5.82 Å². The van der Waals surface area contributed by atoms with E-state index < -0.39 is 17.8 Å². The Hall–Kier alpha value is -2.11. The van der Waals surface area contributed by atoms with E-state index >= 15 is 0 Å². The molecule has 6 heteroatoms. The van der Waals surface area contributed by atoms with Gasteiger partial charge in [-0.25, -0.2) is 9.18 Å². The maximum Gasteiger partial charge on any atom is 0.319 e. The third-order valence-corrected chi connectivity index (χ3v) is 3.26. The zero-order valence-corrected chi connectivity index (χ0v) is 12.1. The van der Waals surface area contributed by atoms with Gasteiger partial charge in [0.15, 0.2) is 0 Å². The minimum atomic E-state index is -0.801. The smallest absolute Gasteiger partial charge is 0.319 e. The molecule has 2 amide bonds. The fraction of sp³-hybridized carbons (Fsp3) is 0.467. The van der Waals surface area contributed by atoms with E-state index in [2.05, 4.69) is 10.6 Å². The van der Waals surface area contributed by atoms with Crippen LogP contribution in [0.2, 0.25) is 0 Å². The number of hydrogen-bond donors (Lipinski definition) is 3. The van der Waals surface area contributed by atoms with Gasteiger partial charge < -0.3 is 15.7 Å². The summed E-state index contributed by atoms with van der Waals surface area (Å²) in [6.07, 6.45) is 2.36. The highest BCUT2D eigenvalue weighted by atomic mass is 19.1. The monoisotopic (exact) mass is 296 g/mol. The maximum atomic E-state index is 13.0. The normalized spacial score (nSPS) is 11.7. The zero-order valence-electron chi connectivity index (χ0n) is 12.1. The number of carbonyl (C=O) groups is 2. The zero-order chi connectivity index (χ0) is 15.7. The standard InChI is InChI=1S/C15H21FN2O3/c1-2-11(6-7-14(19)20)8-9-17-15(21)18-13-5-3-4-12(16)10-13/h3-5,10-11H,2,6-9H2,1H3,(H,19,20)(H2,17,18,21). The topological polar surface area (TPSA) is 78.4 Å². The molecule has 1 rings (SSSR count). The SMILES string of the molecule is CCC(CCNC(=O)Nc1cccc(F)c1)CCC(=O)O. The number of anilines is 1. The van der Waals surface area contributed by atoms with Gasteiger partial charge in [-0.3, -0.25) is 4.79 Å². The molecule has 1 aromatic carbocycles. The molecule has 0 aromatic heterocycles. The van der Waals surface area contributed by atoms with Crippen LogP contribution in [0.3, 0.4) is 0 Å². The number of carboxylic acids is 1. The maximum absolute atomic E-state index is 13.0. The lowest BCUT2D eigenvalue weighted by Gasteiger charge is -2.14. The third-order valence-electron chi connectivity index (χ3n) is 3.26. The average molecular weight is 296 g/mol. The molecule has 3 N–H and O–H groups in total. The van der Waals surface area contributed by atoms with Crippen LogP contribution >= 0.6 is 0 Å². The first kappa shape index (κ1) is 16.9. The molecule has 0 saturated heterocycles. The Morgan fingerprint density at radius 3 is 2.71 bits per heavy atom. The second kappa shape index (κ2) is 8.94. The van der Waals surface area contributed by atoms with Crippen molar-refractivity contribution in [1.29, 1.82) is 0 Å². The molecule has 0 heterocycles. The van der Waals surface area contributed by atoms with Gasteiger partial charge in [-0.1, -0.05) is 19.4 Å².